The van der Waals surface area contributed by atoms with Crippen LogP contribution in [-0.4, -0.2) is 34.2 Å². The molecular formula is C22H18FN3O2S. The van der Waals surface area contributed by atoms with Crippen LogP contribution in [-0.2, 0) is 9.59 Å². The first-order valence-electron chi connectivity index (χ1n) is 9.07. The Hall–Kier alpha value is -3.19. The number of aliphatic imine (C=N–C) groups is 1. The maximum atomic E-state index is 13.1. The quantitative estimate of drug-likeness (QED) is 0.689. The lowest BCUT2D eigenvalue weighted by atomic mass is 10.1. The SMILES string of the molecule is CN1C(=O)C(CC(=O)Nc2cccc3ccccc23)SC1=Nc1ccc(F)cc1. The average Bonchev–Trinajstić information content (AvgIpc) is 2.98. The second-order valence-corrected chi connectivity index (χ2v) is 7.82. The van der Waals surface area contributed by atoms with Gasteiger partial charge in [-0.05, 0) is 35.7 Å². The smallest absolute Gasteiger partial charge is 0.242 e. The van der Waals surface area contributed by atoms with Gasteiger partial charge in [-0.1, -0.05) is 48.2 Å². The molecule has 7 heteroatoms. The molecule has 0 bridgehead atoms. The molecule has 3 aromatic rings. The number of hydrogen-bond acceptors (Lipinski definition) is 4. The summed E-state index contributed by atoms with van der Waals surface area (Å²) in [6.07, 6.45) is 0.0412. The summed E-state index contributed by atoms with van der Waals surface area (Å²) in [6.45, 7) is 0. The highest BCUT2D eigenvalue weighted by Crippen LogP contribution is 2.31. The van der Waals surface area contributed by atoms with E-state index < -0.39 is 5.25 Å². The van der Waals surface area contributed by atoms with E-state index >= 15 is 0 Å². The molecule has 29 heavy (non-hydrogen) atoms. The predicted molar refractivity (Wildman–Crippen MR) is 115 cm³/mol. The molecule has 5 nitrogen and oxygen atoms in total. The van der Waals surface area contributed by atoms with Crippen LogP contribution in [0.3, 0.4) is 0 Å². The molecule has 1 unspecified atom stereocenters. The molecule has 0 spiro atoms. The Labute approximate surface area is 171 Å². The highest BCUT2D eigenvalue weighted by molar-refractivity contribution is 8.15. The molecule has 1 fully saturated rings. The number of nitrogens with one attached hydrogen (secondary N) is 1. The molecule has 0 aromatic heterocycles. The molecule has 1 aliphatic rings. The third-order valence-corrected chi connectivity index (χ3v) is 5.86. The summed E-state index contributed by atoms with van der Waals surface area (Å²) < 4.78 is 13.1. The van der Waals surface area contributed by atoms with Crippen LogP contribution in [0.25, 0.3) is 10.8 Å². The van der Waals surface area contributed by atoms with Crippen LogP contribution >= 0.6 is 11.8 Å². The summed E-state index contributed by atoms with van der Waals surface area (Å²) in [6, 6.07) is 19.2. The van der Waals surface area contributed by atoms with Crippen molar-refractivity contribution >= 4 is 50.9 Å². The molecule has 1 aliphatic heterocycles. The highest BCUT2D eigenvalue weighted by atomic mass is 32.2. The molecule has 1 heterocycles. The molecule has 3 aromatic carbocycles. The fourth-order valence-corrected chi connectivity index (χ4v) is 4.28. The first-order chi connectivity index (χ1) is 14.0. The monoisotopic (exact) mass is 407 g/mol. The Morgan fingerprint density at radius 3 is 2.62 bits per heavy atom. The third kappa shape index (κ3) is 4.14. The fourth-order valence-electron chi connectivity index (χ4n) is 3.13. The van der Waals surface area contributed by atoms with Crippen molar-refractivity contribution in [1.82, 2.24) is 4.90 Å². The summed E-state index contributed by atoms with van der Waals surface area (Å²) >= 11 is 1.24. The van der Waals surface area contributed by atoms with E-state index in [0.717, 1.165) is 16.5 Å². The zero-order chi connectivity index (χ0) is 20.4. The highest BCUT2D eigenvalue weighted by Gasteiger charge is 2.37. The number of fused-ring (bicyclic) bond motifs is 1. The van der Waals surface area contributed by atoms with E-state index in [0.29, 0.717) is 10.9 Å². The van der Waals surface area contributed by atoms with Gasteiger partial charge in [-0.25, -0.2) is 9.38 Å². The minimum atomic E-state index is -0.547. The van der Waals surface area contributed by atoms with Crippen LogP contribution in [0, 0.1) is 5.82 Å². The number of thioether (sulfide) groups is 1. The van der Waals surface area contributed by atoms with Crippen molar-refractivity contribution < 1.29 is 14.0 Å². The van der Waals surface area contributed by atoms with Crippen LogP contribution in [0.4, 0.5) is 15.8 Å². The van der Waals surface area contributed by atoms with Gasteiger partial charge in [-0.2, -0.15) is 0 Å². The number of amides is 2. The molecule has 1 saturated heterocycles. The van der Waals surface area contributed by atoms with Crippen LogP contribution in [0.5, 0.6) is 0 Å². The Kier molecular flexibility index (Phi) is 5.31. The van der Waals surface area contributed by atoms with Crippen LogP contribution in [0.15, 0.2) is 71.7 Å². The zero-order valence-corrected chi connectivity index (χ0v) is 16.4. The maximum Gasteiger partial charge on any atom is 0.242 e. The Morgan fingerprint density at radius 2 is 1.83 bits per heavy atom. The zero-order valence-electron chi connectivity index (χ0n) is 15.6. The van der Waals surface area contributed by atoms with E-state index in [1.54, 1.807) is 19.2 Å². The summed E-state index contributed by atoms with van der Waals surface area (Å²) in [5.74, 6) is -0.756. The van der Waals surface area contributed by atoms with Gasteiger partial charge >= 0.3 is 0 Å². The molecule has 0 saturated carbocycles. The van der Waals surface area contributed by atoms with Gasteiger partial charge in [0.05, 0.1) is 5.69 Å². The second-order valence-electron chi connectivity index (χ2n) is 6.65. The minimum absolute atomic E-state index is 0.0412. The van der Waals surface area contributed by atoms with Gasteiger partial charge in [0, 0.05) is 24.5 Å². The van der Waals surface area contributed by atoms with Crippen molar-refractivity contribution in [2.75, 3.05) is 12.4 Å². The lowest BCUT2D eigenvalue weighted by Gasteiger charge is -2.11. The van der Waals surface area contributed by atoms with Gasteiger partial charge in [-0.15, -0.1) is 0 Å². The normalized spacial score (nSPS) is 17.9. The van der Waals surface area contributed by atoms with Gasteiger partial charge in [0.1, 0.15) is 11.1 Å². The van der Waals surface area contributed by atoms with E-state index in [4.69, 9.17) is 0 Å². The van der Waals surface area contributed by atoms with Gasteiger partial charge in [-0.3, -0.25) is 14.5 Å². The first kappa shape index (κ1) is 19.1. The Bertz CT molecular complexity index is 1110. The minimum Gasteiger partial charge on any atom is -0.325 e. The number of carbonyl (C=O) groups is 2. The van der Waals surface area contributed by atoms with E-state index in [2.05, 4.69) is 10.3 Å². The second kappa shape index (κ2) is 8.05. The Morgan fingerprint density at radius 1 is 1.10 bits per heavy atom. The number of hydrogen-bond donors (Lipinski definition) is 1. The van der Waals surface area contributed by atoms with Crippen LogP contribution in [0.1, 0.15) is 6.42 Å². The van der Waals surface area contributed by atoms with Crippen LogP contribution < -0.4 is 5.32 Å². The summed E-state index contributed by atoms with van der Waals surface area (Å²) in [5.41, 5.74) is 1.27. The standard InChI is InChI=1S/C22H18FN3O2S/c1-26-21(28)19(29-22(26)24-16-11-9-15(23)10-12-16)13-20(27)25-18-8-4-6-14-5-2-3-7-17(14)18/h2-12,19H,13H2,1H3,(H,25,27). The Balaban J connectivity index is 1.47. The molecule has 1 atom stereocenters. The maximum absolute atomic E-state index is 13.1. The third-order valence-electron chi connectivity index (χ3n) is 4.63. The predicted octanol–water partition coefficient (Wildman–Crippen LogP) is 4.57. The van der Waals surface area contributed by atoms with Crippen molar-refractivity contribution in [3.8, 4) is 0 Å². The number of amidine groups is 1. The van der Waals surface area contributed by atoms with Crippen molar-refractivity contribution in [2.24, 2.45) is 4.99 Å². The average molecular weight is 407 g/mol. The van der Waals surface area contributed by atoms with Crippen molar-refractivity contribution in [2.45, 2.75) is 11.7 Å². The number of rotatable bonds is 4. The number of halogens is 1. The molecule has 4 rings (SSSR count). The van der Waals surface area contributed by atoms with E-state index in [-0.39, 0.29) is 24.1 Å². The molecular weight excluding hydrogens is 389 g/mol. The number of nitrogens with zero attached hydrogens (tertiary/aromatic N) is 2. The van der Waals surface area contributed by atoms with Crippen LogP contribution in [0.2, 0.25) is 0 Å². The van der Waals surface area contributed by atoms with E-state index in [9.17, 15) is 14.0 Å². The van der Waals surface area contributed by atoms with Gasteiger partial charge in [0.15, 0.2) is 5.17 Å². The summed E-state index contributed by atoms with van der Waals surface area (Å²) in [4.78, 5) is 31.0. The molecule has 1 N–H and O–H groups in total. The van der Waals surface area contributed by atoms with Gasteiger partial charge in [0.2, 0.25) is 11.8 Å². The van der Waals surface area contributed by atoms with Gasteiger partial charge < -0.3 is 5.32 Å². The lowest BCUT2D eigenvalue weighted by Crippen LogP contribution is -2.30. The van der Waals surface area contributed by atoms with E-state index in [1.165, 1.54) is 28.8 Å². The largest absolute Gasteiger partial charge is 0.325 e. The molecule has 2 amide bonds. The first-order valence-corrected chi connectivity index (χ1v) is 9.95. The molecule has 146 valence electrons. The van der Waals surface area contributed by atoms with Gasteiger partial charge in [0.25, 0.3) is 0 Å². The number of carbonyl (C=O) groups excluding carboxylic acids is 2. The van der Waals surface area contributed by atoms with Crippen molar-refractivity contribution in [3.63, 3.8) is 0 Å². The summed E-state index contributed by atoms with van der Waals surface area (Å²) in [7, 11) is 1.63. The lowest BCUT2D eigenvalue weighted by molar-refractivity contribution is -0.127. The summed E-state index contributed by atoms with van der Waals surface area (Å²) in [5, 5.41) is 4.84. The van der Waals surface area contributed by atoms with Crippen molar-refractivity contribution in [1.29, 1.82) is 0 Å². The van der Waals surface area contributed by atoms with E-state index in [1.807, 2.05) is 42.5 Å². The molecule has 0 radical (unpaired) electrons. The fraction of sp³-hybridized carbons (Fsp3) is 0.136. The topological polar surface area (TPSA) is 61.8 Å². The van der Waals surface area contributed by atoms with Crippen molar-refractivity contribution in [3.05, 3.63) is 72.5 Å². The number of anilines is 1. The molecule has 0 aliphatic carbocycles. The number of benzene rings is 3.